The minimum atomic E-state index is 0.709. The first-order chi connectivity index (χ1) is 8.80. The van der Waals surface area contributed by atoms with E-state index in [0.29, 0.717) is 5.75 Å². The summed E-state index contributed by atoms with van der Waals surface area (Å²) in [4.78, 5) is 4.16. The Hall–Kier alpha value is -2.23. The van der Waals surface area contributed by atoms with Gasteiger partial charge in [-0.25, -0.2) is 0 Å². The van der Waals surface area contributed by atoms with E-state index in [2.05, 4.69) is 10.3 Å². The van der Waals surface area contributed by atoms with Crippen LogP contribution < -0.4 is 14.8 Å². The van der Waals surface area contributed by atoms with E-state index >= 15 is 0 Å². The van der Waals surface area contributed by atoms with E-state index in [9.17, 15) is 0 Å². The van der Waals surface area contributed by atoms with E-state index < -0.39 is 0 Å². The number of aromatic nitrogens is 1. The molecule has 0 amide bonds. The molecule has 94 valence electrons. The largest absolute Gasteiger partial charge is 0.493 e. The molecule has 2 rings (SSSR count). The zero-order valence-corrected chi connectivity index (χ0v) is 10.7. The summed E-state index contributed by atoms with van der Waals surface area (Å²) in [6.45, 7) is 0. The first-order valence-corrected chi connectivity index (χ1v) is 5.64. The summed E-state index contributed by atoms with van der Waals surface area (Å²) >= 11 is 0. The number of anilines is 1. The maximum Gasteiger partial charge on any atom is 0.161 e. The highest BCUT2D eigenvalue weighted by atomic mass is 16.5. The third-order valence-electron chi connectivity index (χ3n) is 2.78. The molecular weight excluding hydrogens is 228 g/mol. The maximum atomic E-state index is 5.31. The SMILES string of the molecule is CNc1ccncc1-c1ccc(OC)c(OC)c1. The van der Waals surface area contributed by atoms with Crippen molar-refractivity contribution in [2.45, 2.75) is 0 Å². The number of benzene rings is 1. The van der Waals surface area contributed by atoms with Crippen molar-refractivity contribution in [3.8, 4) is 22.6 Å². The van der Waals surface area contributed by atoms with Gasteiger partial charge in [0.25, 0.3) is 0 Å². The van der Waals surface area contributed by atoms with Gasteiger partial charge in [-0.2, -0.15) is 0 Å². The summed E-state index contributed by atoms with van der Waals surface area (Å²) in [5.41, 5.74) is 3.09. The Morgan fingerprint density at radius 3 is 2.50 bits per heavy atom. The normalized spacial score (nSPS) is 9.94. The lowest BCUT2D eigenvalue weighted by atomic mass is 10.1. The van der Waals surface area contributed by atoms with Gasteiger partial charge in [0, 0.05) is 30.7 Å². The van der Waals surface area contributed by atoms with Gasteiger partial charge in [0.2, 0.25) is 0 Å². The Morgan fingerprint density at radius 1 is 1.06 bits per heavy atom. The van der Waals surface area contributed by atoms with Crippen molar-refractivity contribution in [3.05, 3.63) is 36.7 Å². The van der Waals surface area contributed by atoms with Crippen LogP contribution in [0.25, 0.3) is 11.1 Å². The van der Waals surface area contributed by atoms with Crippen molar-refractivity contribution < 1.29 is 9.47 Å². The molecule has 1 aromatic heterocycles. The highest BCUT2D eigenvalue weighted by Crippen LogP contribution is 2.34. The van der Waals surface area contributed by atoms with Gasteiger partial charge in [-0.15, -0.1) is 0 Å². The van der Waals surface area contributed by atoms with Crippen molar-refractivity contribution in [2.75, 3.05) is 26.6 Å². The average molecular weight is 244 g/mol. The lowest BCUT2D eigenvalue weighted by Gasteiger charge is -2.12. The maximum absolute atomic E-state index is 5.31. The molecule has 0 unspecified atom stereocenters. The van der Waals surface area contributed by atoms with Crippen LogP contribution in [-0.2, 0) is 0 Å². The van der Waals surface area contributed by atoms with E-state index in [0.717, 1.165) is 22.6 Å². The van der Waals surface area contributed by atoms with Gasteiger partial charge in [-0.1, -0.05) is 6.07 Å². The smallest absolute Gasteiger partial charge is 0.161 e. The van der Waals surface area contributed by atoms with Crippen LogP contribution >= 0.6 is 0 Å². The number of nitrogens with zero attached hydrogens (tertiary/aromatic N) is 1. The second-order valence-electron chi connectivity index (χ2n) is 3.74. The summed E-state index contributed by atoms with van der Waals surface area (Å²) in [5, 5.41) is 3.15. The summed E-state index contributed by atoms with van der Waals surface area (Å²) in [6.07, 6.45) is 3.59. The molecule has 1 aromatic carbocycles. The van der Waals surface area contributed by atoms with Crippen LogP contribution in [0.4, 0.5) is 5.69 Å². The van der Waals surface area contributed by atoms with Crippen LogP contribution in [0.3, 0.4) is 0 Å². The van der Waals surface area contributed by atoms with Crippen molar-refractivity contribution in [1.82, 2.24) is 4.98 Å². The monoisotopic (exact) mass is 244 g/mol. The van der Waals surface area contributed by atoms with E-state index in [-0.39, 0.29) is 0 Å². The molecular formula is C14H16N2O2. The molecule has 0 bridgehead atoms. The van der Waals surface area contributed by atoms with Crippen LogP contribution in [-0.4, -0.2) is 26.3 Å². The van der Waals surface area contributed by atoms with Crippen LogP contribution in [0, 0.1) is 0 Å². The quantitative estimate of drug-likeness (QED) is 0.898. The molecule has 0 atom stereocenters. The topological polar surface area (TPSA) is 43.4 Å². The number of nitrogens with one attached hydrogen (secondary N) is 1. The Kier molecular flexibility index (Phi) is 3.67. The molecule has 0 aliphatic heterocycles. The number of rotatable bonds is 4. The lowest BCUT2D eigenvalue weighted by molar-refractivity contribution is 0.355. The van der Waals surface area contributed by atoms with Crippen molar-refractivity contribution in [3.63, 3.8) is 0 Å². The molecule has 0 radical (unpaired) electrons. The van der Waals surface area contributed by atoms with E-state index in [1.165, 1.54) is 0 Å². The zero-order chi connectivity index (χ0) is 13.0. The fourth-order valence-electron chi connectivity index (χ4n) is 1.85. The molecule has 4 heteroatoms. The third-order valence-corrected chi connectivity index (χ3v) is 2.78. The van der Waals surface area contributed by atoms with Crippen LogP contribution in [0.5, 0.6) is 11.5 Å². The van der Waals surface area contributed by atoms with Crippen LogP contribution in [0.1, 0.15) is 0 Å². The first kappa shape index (κ1) is 12.2. The van der Waals surface area contributed by atoms with E-state index in [1.54, 1.807) is 20.4 Å². The molecule has 4 nitrogen and oxygen atoms in total. The fraction of sp³-hybridized carbons (Fsp3) is 0.214. The number of pyridine rings is 1. The Labute approximate surface area is 107 Å². The second-order valence-corrected chi connectivity index (χ2v) is 3.74. The number of hydrogen-bond donors (Lipinski definition) is 1. The van der Waals surface area contributed by atoms with Crippen LogP contribution in [0.2, 0.25) is 0 Å². The number of methoxy groups -OCH3 is 2. The lowest BCUT2D eigenvalue weighted by Crippen LogP contribution is -1.94. The molecule has 0 spiro atoms. The predicted octanol–water partition coefficient (Wildman–Crippen LogP) is 2.81. The number of hydrogen-bond acceptors (Lipinski definition) is 4. The highest BCUT2D eigenvalue weighted by molar-refractivity contribution is 5.78. The molecule has 0 saturated carbocycles. The van der Waals surface area contributed by atoms with E-state index in [4.69, 9.17) is 9.47 Å². The van der Waals surface area contributed by atoms with Gasteiger partial charge in [0.15, 0.2) is 11.5 Å². The van der Waals surface area contributed by atoms with Crippen molar-refractivity contribution >= 4 is 5.69 Å². The molecule has 2 aromatic rings. The Balaban J connectivity index is 2.51. The van der Waals surface area contributed by atoms with Gasteiger partial charge in [0.05, 0.1) is 14.2 Å². The average Bonchev–Trinajstić information content (AvgIpc) is 2.46. The van der Waals surface area contributed by atoms with Gasteiger partial charge in [0.1, 0.15) is 0 Å². The van der Waals surface area contributed by atoms with Gasteiger partial charge in [-0.05, 0) is 23.8 Å². The summed E-state index contributed by atoms with van der Waals surface area (Å²) in [6, 6.07) is 7.75. The standard InChI is InChI=1S/C14H16N2O2/c1-15-12-6-7-16-9-11(12)10-4-5-13(17-2)14(8-10)18-3/h4-9H,1-3H3,(H,15,16). The van der Waals surface area contributed by atoms with Crippen LogP contribution in [0.15, 0.2) is 36.7 Å². The molecule has 0 aliphatic carbocycles. The molecule has 0 aliphatic rings. The zero-order valence-electron chi connectivity index (χ0n) is 10.7. The fourth-order valence-corrected chi connectivity index (χ4v) is 1.85. The van der Waals surface area contributed by atoms with E-state index in [1.807, 2.05) is 37.5 Å². The summed E-state index contributed by atoms with van der Waals surface area (Å²) < 4.78 is 10.5. The van der Waals surface area contributed by atoms with Gasteiger partial charge >= 0.3 is 0 Å². The minimum absolute atomic E-state index is 0.709. The molecule has 18 heavy (non-hydrogen) atoms. The van der Waals surface area contributed by atoms with Gasteiger partial charge < -0.3 is 14.8 Å². The Bertz CT molecular complexity index is 541. The molecule has 0 fully saturated rings. The second kappa shape index (κ2) is 5.40. The van der Waals surface area contributed by atoms with Gasteiger partial charge in [-0.3, -0.25) is 4.98 Å². The number of ether oxygens (including phenoxy) is 2. The molecule has 0 saturated heterocycles. The first-order valence-electron chi connectivity index (χ1n) is 5.64. The third kappa shape index (κ3) is 2.22. The summed E-state index contributed by atoms with van der Waals surface area (Å²) in [7, 11) is 5.14. The highest BCUT2D eigenvalue weighted by Gasteiger charge is 2.08. The predicted molar refractivity (Wildman–Crippen MR) is 72.3 cm³/mol. The molecule has 1 N–H and O–H groups in total. The van der Waals surface area contributed by atoms with Crippen molar-refractivity contribution in [2.24, 2.45) is 0 Å². The summed E-state index contributed by atoms with van der Waals surface area (Å²) in [5.74, 6) is 1.43. The minimum Gasteiger partial charge on any atom is -0.493 e. The Morgan fingerprint density at radius 2 is 1.83 bits per heavy atom. The van der Waals surface area contributed by atoms with Crippen molar-refractivity contribution in [1.29, 1.82) is 0 Å². The molecule has 1 heterocycles.